The van der Waals surface area contributed by atoms with E-state index in [4.69, 9.17) is 11.6 Å². The lowest BCUT2D eigenvalue weighted by Gasteiger charge is -2.14. The summed E-state index contributed by atoms with van der Waals surface area (Å²) in [6.45, 7) is 3.03. The van der Waals surface area contributed by atoms with Crippen LogP contribution in [0.4, 0.5) is 24.8 Å². The summed E-state index contributed by atoms with van der Waals surface area (Å²) >= 11 is 9.88. The molecule has 0 aliphatic rings. The molecule has 0 aromatic carbocycles. The van der Waals surface area contributed by atoms with Gasteiger partial charge in [-0.15, -0.1) is 11.3 Å². The maximum absolute atomic E-state index is 13.1. The maximum atomic E-state index is 13.1. The van der Waals surface area contributed by atoms with E-state index in [9.17, 15) is 22.8 Å². The van der Waals surface area contributed by atoms with E-state index in [1.165, 1.54) is 12.5 Å². The van der Waals surface area contributed by atoms with Crippen molar-refractivity contribution in [3.8, 4) is 0 Å². The van der Waals surface area contributed by atoms with Crippen LogP contribution in [0.5, 0.6) is 0 Å². The summed E-state index contributed by atoms with van der Waals surface area (Å²) in [6, 6.07) is 0.0466. The smallest absolute Gasteiger partial charge is 0.368 e. The Morgan fingerprint density at radius 1 is 1.16 bits per heavy atom. The van der Waals surface area contributed by atoms with Crippen molar-refractivity contribution in [3.63, 3.8) is 0 Å². The van der Waals surface area contributed by atoms with Crippen LogP contribution in [0.3, 0.4) is 0 Å². The molecule has 0 radical (unpaired) electrons. The van der Waals surface area contributed by atoms with Gasteiger partial charge in [-0.2, -0.15) is 13.2 Å². The summed E-state index contributed by atoms with van der Waals surface area (Å²) in [4.78, 5) is 43.5. The molecule has 2 amide bonds. The molecule has 16 heteroatoms. The number of hydrogen-bond donors (Lipinski definition) is 3. The second kappa shape index (κ2) is 12.1. The second-order valence-electron chi connectivity index (χ2n) is 7.87. The molecule has 0 fully saturated rings. The van der Waals surface area contributed by atoms with Crippen LogP contribution in [0.1, 0.15) is 43.7 Å². The minimum atomic E-state index is -4.70. The van der Waals surface area contributed by atoms with Gasteiger partial charge in [0.2, 0.25) is 0 Å². The van der Waals surface area contributed by atoms with Gasteiger partial charge in [0.1, 0.15) is 33.5 Å². The van der Waals surface area contributed by atoms with Crippen LogP contribution in [0.15, 0.2) is 29.3 Å². The number of carbonyl (C=O) groups is 2. The fourth-order valence-electron chi connectivity index (χ4n) is 2.87. The summed E-state index contributed by atoms with van der Waals surface area (Å²) < 4.78 is 39.6. The van der Waals surface area contributed by atoms with E-state index in [1.54, 1.807) is 6.92 Å². The molecule has 3 aromatic heterocycles. The van der Waals surface area contributed by atoms with Gasteiger partial charge in [-0.25, -0.2) is 19.9 Å². The highest BCUT2D eigenvalue weighted by molar-refractivity contribution is 9.10. The van der Waals surface area contributed by atoms with Crippen molar-refractivity contribution in [2.45, 2.75) is 19.1 Å². The van der Waals surface area contributed by atoms with Crippen LogP contribution in [-0.4, -0.2) is 63.8 Å². The summed E-state index contributed by atoms with van der Waals surface area (Å²) in [5, 5.41) is 7.99. The summed E-state index contributed by atoms with van der Waals surface area (Å²) in [5.74, 6) is -1.06. The largest absolute Gasteiger partial charge is 0.418 e. The van der Waals surface area contributed by atoms with Gasteiger partial charge in [0, 0.05) is 19.3 Å². The summed E-state index contributed by atoms with van der Waals surface area (Å²) in [7, 11) is 3.87. The Labute approximate surface area is 227 Å². The number of nitrogens with zero attached hydrogens (tertiary/aromatic N) is 5. The number of thiazole rings is 1. The highest BCUT2D eigenvalue weighted by Crippen LogP contribution is 2.35. The van der Waals surface area contributed by atoms with E-state index in [-0.39, 0.29) is 16.4 Å². The van der Waals surface area contributed by atoms with Crippen LogP contribution in [-0.2, 0) is 6.18 Å². The van der Waals surface area contributed by atoms with Crippen LogP contribution in [0, 0.1) is 0 Å². The third-order valence-corrected chi connectivity index (χ3v) is 6.95. The Bertz CT molecular complexity index is 1290. The molecule has 0 spiro atoms. The van der Waals surface area contributed by atoms with Crippen molar-refractivity contribution in [2.75, 3.05) is 37.8 Å². The van der Waals surface area contributed by atoms with Gasteiger partial charge in [-0.05, 0) is 43.0 Å². The summed E-state index contributed by atoms with van der Waals surface area (Å²) in [6.07, 6.45) is -1.37. The van der Waals surface area contributed by atoms with Crippen LogP contribution < -0.4 is 16.0 Å². The Morgan fingerprint density at radius 2 is 1.89 bits per heavy atom. The van der Waals surface area contributed by atoms with E-state index in [0.29, 0.717) is 27.9 Å². The zero-order valence-electron chi connectivity index (χ0n) is 19.7. The van der Waals surface area contributed by atoms with E-state index < -0.39 is 34.6 Å². The van der Waals surface area contributed by atoms with Crippen molar-refractivity contribution >= 4 is 62.3 Å². The monoisotopic (exact) mass is 620 g/mol. The first-order valence-corrected chi connectivity index (χ1v) is 12.5. The Kier molecular flexibility index (Phi) is 9.39. The van der Waals surface area contributed by atoms with Gasteiger partial charge in [-0.3, -0.25) is 9.59 Å². The number of pyridine rings is 1. The fourth-order valence-corrected chi connectivity index (χ4v) is 4.42. The van der Waals surface area contributed by atoms with Crippen LogP contribution >= 0.6 is 38.9 Å². The molecule has 198 valence electrons. The van der Waals surface area contributed by atoms with Crippen molar-refractivity contribution < 1.29 is 22.8 Å². The number of nitrogens with one attached hydrogen (secondary N) is 3. The van der Waals surface area contributed by atoms with E-state index >= 15 is 0 Å². The first-order chi connectivity index (χ1) is 17.4. The number of alkyl halides is 3. The third-order valence-electron chi connectivity index (χ3n) is 4.72. The van der Waals surface area contributed by atoms with Gasteiger partial charge < -0.3 is 20.9 Å². The Balaban J connectivity index is 1.66. The van der Waals surface area contributed by atoms with Crippen LogP contribution in [0.25, 0.3) is 0 Å². The molecular formula is C21H21BrClF3N8O2S. The molecule has 0 saturated heterocycles. The zero-order valence-corrected chi connectivity index (χ0v) is 22.8. The molecule has 0 saturated carbocycles. The maximum Gasteiger partial charge on any atom is 0.418 e. The normalized spacial score (nSPS) is 12.4. The molecule has 0 aliphatic heterocycles. The predicted molar refractivity (Wildman–Crippen MR) is 137 cm³/mol. The quantitative estimate of drug-likeness (QED) is 0.320. The minimum Gasteiger partial charge on any atom is -0.368 e. The number of carbonyl (C=O) groups excluding carboxylic acids is 2. The van der Waals surface area contributed by atoms with Crippen molar-refractivity contribution in [1.29, 1.82) is 0 Å². The first-order valence-electron chi connectivity index (χ1n) is 10.6. The summed E-state index contributed by atoms with van der Waals surface area (Å²) in [5.41, 5.74) is -1.01. The van der Waals surface area contributed by atoms with Gasteiger partial charge >= 0.3 is 6.18 Å². The number of amides is 2. The molecule has 3 heterocycles. The third kappa shape index (κ3) is 7.56. The molecule has 1 atom stereocenters. The number of aromatic nitrogens is 4. The lowest BCUT2D eigenvalue weighted by atomic mass is 10.2. The van der Waals surface area contributed by atoms with E-state index in [2.05, 4.69) is 51.8 Å². The Morgan fingerprint density at radius 3 is 2.57 bits per heavy atom. The van der Waals surface area contributed by atoms with Crippen molar-refractivity contribution in [1.82, 2.24) is 30.2 Å². The van der Waals surface area contributed by atoms with Gasteiger partial charge in [0.25, 0.3) is 11.8 Å². The molecule has 37 heavy (non-hydrogen) atoms. The van der Waals surface area contributed by atoms with Gasteiger partial charge in [-0.1, -0.05) is 11.6 Å². The first kappa shape index (κ1) is 28.7. The van der Waals surface area contributed by atoms with Crippen LogP contribution in [0.2, 0.25) is 5.02 Å². The molecule has 10 nitrogen and oxygen atoms in total. The average molecular weight is 622 g/mol. The number of hydrogen-bond acceptors (Lipinski definition) is 9. The van der Waals surface area contributed by atoms with Crippen molar-refractivity contribution in [3.05, 3.63) is 55.4 Å². The molecule has 0 bridgehead atoms. The average Bonchev–Trinajstić information content (AvgIpc) is 3.31. The predicted octanol–water partition coefficient (Wildman–Crippen LogP) is 4.48. The standard InChI is InChI=1S/C21H21BrClF3N8O2S/c1-10(32-19(36)16-15(22)17(31-9-30-16)27-4-5-34(2)3)20-29-8-13(37-20)18(35)33-14-6-11(21(24,25)26)12(23)7-28-14/h6-10H,4-5H2,1-3H3,(H,32,36)(H,27,30,31)(H,28,33,35). The molecule has 3 N–H and O–H groups in total. The SMILES string of the molecule is CC(NC(=O)c1ncnc(NCCN(C)C)c1Br)c1ncc(C(=O)Nc2cc(C(F)(F)F)c(Cl)cn2)s1. The number of anilines is 2. The molecule has 3 aromatic rings. The van der Waals surface area contributed by atoms with E-state index in [1.807, 2.05) is 19.0 Å². The fraction of sp³-hybridized carbons (Fsp3) is 0.333. The highest BCUT2D eigenvalue weighted by Gasteiger charge is 2.34. The lowest BCUT2D eigenvalue weighted by Crippen LogP contribution is -2.28. The lowest BCUT2D eigenvalue weighted by molar-refractivity contribution is -0.137. The molecule has 1 unspecified atom stereocenters. The minimum absolute atomic E-state index is 0.108. The number of rotatable bonds is 9. The molecular weight excluding hydrogens is 601 g/mol. The second-order valence-corrected chi connectivity index (χ2v) is 10.1. The Hall–Kier alpha value is -2.88. The van der Waals surface area contributed by atoms with Gasteiger partial charge in [0.15, 0.2) is 0 Å². The number of halogens is 5. The topological polar surface area (TPSA) is 125 Å². The highest BCUT2D eigenvalue weighted by atomic mass is 79.9. The van der Waals surface area contributed by atoms with Crippen molar-refractivity contribution in [2.24, 2.45) is 0 Å². The van der Waals surface area contributed by atoms with Gasteiger partial charge in [0.05, 0.1) is 27.3 Å². The molecule has 3 rings (SSSR count). The zero-order chi connectivity index (χ0) is 27.3. The van der Waals surface area contributed by atoms with E-state index in [0.717, 1.165) is 24.1 Å². The molecule has 0 aliphatic carbocycles. The number of likely N-dealkylation sites (N-methyl/N-ethyl adjacent to an activating group) is 1.